The lowest BCUT2D eigenvalue weighted by molar-refractivity contribution is -0.110. The second-order valence-electron chi connectivity index (χ2n) is 7.25. The Kier molecular flexibility index (Phi) is 3.53. The summed E-state index contributed by atoms with van der Waals surface area (Å²) >= 11 is 0. The molecule has 1 aromatic carbocycles. The molecule has 1 aromatic rings. The van der Waals surface area contributed by atoms with Crippen LogP contribution >= 0.6 is 0 Å². The lowest BCUT2D eigenvalue weighted by atomic mass is 9.49. The Hall–Kier alpha value is -1.06. The lowest BCUT2D eigenvalue weighted by Gasteiger charge is -2.56. The molecule has 3 heteroatoms. The van der Waals surface area contributed by atoms with Gasteiger partial charge >= 0.3 is 0 Å². The molecule has 0 aromatic heterocycles. The number of aliphatic hydroxyl groups excluding tert-OH is 2. The quantitative estimate of drug-likeness (QED) is 0.880. The van der Waals surface area contributed by atoms with Crippen molar-refractivity contribution in [3.05, 3.63) is 29.3 Å². The van der Waals surface area contributed by atoms with Crippen LogP contribution in [-0.4, -0.2) is 30.0 Å². The molecule has 0 amide bonds. The van der Waals surface area contributed by atoms with E-state index >= 15 is 0 Å². The molecule has 3 nitrogen and oxygen atoms in total. The third-order valence-corrected chi connectivity index (χ3v) is 6.24. The average molecular weight is 290 g/mol. The zero-order valence-electron chi connectivity index (χ0n) is 13.2. The highest BCUT2D eigenvalue weighted by molar-refractivity contribution is 5.44. The first-order valence-electron chi connectivity index (χ1n) is 7.92. The molecule has 1 fully saturated rings. The molecule has 21 heavy (non-hydrogen) atoms. The van der Waals surface area contributed by atoms with Crippen LogP contribution in [-0.2, 0) is 11.8 Å². The first-order valence-corrected chi connectivity index (χ1v) is 7.92. The van der Waals surface area contributed by atoms with E-state index in [1.165, 1.54) is 11.1 Å². The summed E-state index contributed by atoms with van der Waals surface area (Å²) in [5.74, 6) is 1.20. The molecule has 1 saturated carbocycles. The first kappa shape index (κ1) is 14.9. The Balaban J connectivity index is 2.10. The predicted molar refractivity (Wildman–Crippen MR) is 82.6 cm³/mol. The molecule has 1 unspecified atom stereocenters. The Morgan fingerprint density at radius 1 is 1.29 bits per heavy atom. The van der Waals surface area contributed by atoms with Crippen molar-refractivity contribution in [1.82, 2.24) is 0 Å². The molecule has 0 bridgehead atoms. The van der Waals surface area contributed by atoms with E-state index in [4.69, 9.17) is 4.74 Å². The minimum absolute atomic E-state index is 0.0127. The van der Waals surface area contributed by atoms with Crippen molar-refractivity contribution in [1.29, 1.82) is 0 Å². The number of aliphatic hydroxyl groups is 2. The summed E-state index contributed by atoms with van der Waals surface area (Å²) in [4.78, 5) is 0. The smallest absolute Gasteiger partial charge is 0.119 e. The van der Waals surface area contributed by atoms with Gasteiger partial charge in [0.15, 0.2) is 0 Å². The van der Waals surface area contributed by atoms with Crippen molar-refractivity contribution < 1.29 is 14.9 Å². The van der Waals surface area contributed by atoms with Crippen LogP contribution in [0, 0.1) is 11.3 Å². The molecule has 4 atom stereocenters. The maximum Gasteiger partial charge on any atom is 0.119 e. The van der Waals surface area contributed by atoms with Gasteiger partial charge in [-0.25, -0.2) is 0 Å². The molecule has 2 N–H and O–H groups in total. The van der Waals surface area contributed by atoms with Crippen molar-refractivity contribution >= 4 is 0 Å². The number of ether oxygens (including phenoxy) is 1. The highest BCUT2D eigenvalue weighted by Crippen LogP contribution is 2.57. The van der Waals surface area contributed by atoms with Crippen LogP contribution in [0.15, 0.2) is 18.2 Å². The van der Waals surface area contributed by atoms with E-state index in [0.717, 1.165) is 31.4 Å². The fraction of sp³-hybridized carbons (Fsp3) is 0.667. The fourth-order valence-electron chi connectivity index (χ4n) is 4.82. The maximum atomic E-state index is 10.4. The third-order valence-electron chi connectivity index (χ3n) is 6.24. The van der Waals surface area contributed by atoms with Gasteiger partial charge in [0, 0.05) is 5.41 Å². The molecule has 0 saturated heterocycles. The van der Waals surface area contributed by atoms with Gasteiger partial charge in [0.05, 0.1) is 19.8 Å². The normalized spacial score (nSPS) is 38.5. The van der Waals surface area contributed by atoms with Gasteiger partial charge in [-0.3, -0.25) is 0 Å². The Morgan fingerprint density at radius 3 is 2.71 bits per heavy atom. The van der Waals surface area contributed by atoms with E-state index in [1.54, 1.807) is 7.11 Å². The van der Waals surface area contributed by atoms with E-state index in [0.29, 0.717) is 5.92 Å². The largest absolute Gasteiger partial charge is 0.497 e. The van der Waals surface area contributed by atoms with Gasteiger partial charge in [0.2, 0.25) is 0 Å². The SMILES string of the molecule is COc1ccc2c(c1)[C@@]1(C)CC[C@H](O)C(C)(CO)[C@@H]1CC2. The van der Waals surface area contributed by atoms with Gasteiger partial charge in [-0.1, -0.05) is 19.9 Å². The maximum absolute atomic E-state index is 10.4. The van der Waals surface area contributed by atoms with E-state index in [2.05, 4.69) is 19.1 Å². The van der Waals surface area contributed by atoms with Crippen molar-refractivity contribution in [2.24, 2.45) is 11.3 Å². The molecule has 3 rings (SSSR count). The number of hydrogen-bond donors (Lipinski definition) is 2. The number of rotatable bonds is 2. The number of hydrogen-bond acceptors (Lipinski definition) is 3. The van der Waals surface area contributed by atoms with Crippen molar-refractivity contribution in [3.8, 4) is 5.75 Å². The molecule has 0 radical (unpaired) electrons. The number of aryl methyl sites for hydroxylation is 1. The van der Waals surface area contributed by atoms with Gasteiger partial charge in [-0.15, -0.1) is 0 Å². The van der Waals surface area contributed by atoms with Crippen LogP contribution in [0.25, 0.3) is 0 Å². The van der Waals surface area contributed by atoms with Crippen molar-refractivity contribution in [2.45, 2.75) is 51.0 Å². The molecular formula is C18H26O3. The van der Waals surface area contributed by atoms with Crippen LogP contribution in [0.5, 0.6) is 5.75 Å². The second-order valence-corrected chi connectivity index (χ2v) is 7.25. The minimum Gasteiger partial charge on any atom is -0.497 e. The van der Waals surface area contributed by atoms with Gasteiger partial charge in [0.1, 0.15) is 5.75 Å². The summed E-state index contributed by atoms with van der Waals surface area (Å²) in [5, 5.41) is 20.4. The minimum atomic E-state index is -0.410. The van der Waals surface area contributed by atoms with Gasteiger partial charge in [-0.2, -0.15) is 0 Å². The second kappa shape index (κ2) is 4.99. The van der Waals surface area contributed by atoms with Gasteiger partial charge in [-0.05, 0) is 60.3 Å². The van der Waals surface area contributed by atoms with E-state index in [1.807, 2.05) is 13.0 Å². The summed E-state index contributed by atoms with van der Waals surface area (Å²) in [6, 6.07) is 6.37. The summed E-state index contributed by atoms with van der Waals surface area (Å²) < 4.78 is 5.41. The van der Waals surface area contributed by atoms with Crippen LogP contribution in [0.4, 0.5) is 0 Å². The molecular weight excluding hydrogens is 264 g/mol. The lowest BCUT2D eigenvalue weighted by Crippen LogP contribution is -2.56. The van der Waals surface area contributed by atoms with E-state index in [9.17, 15) is 10.2 Å². The van der Waals surface area contributed by atoms with Crippen molar-refractivity contribution in [3.63, 3.8) is 0 Å². The van der Waals surface area contributed by atoms with Crippen LogP contribution in [0.1, 0.15) is 44.2 Å². The first-order chi connectivity index (χ1) is 9.95. The van der Waals surface area contributed by atoms with Crippen LogP contribution < -0.4 is 4.74 Å². The Morgan fingerprint density at radius 2 is 2.05 bits per heavy atom. The number of benzene rings is 1. The average Bonchev–Trinajstić information content (AvgIpc) is 2.51. The fourth-order valence-corrected chi connectivity index (χ4v) is 4.82. The third kappa shape index (κ3) is 2.01. The summed E-state index contributed by atoms with van der Waals surface area (Å²) in [6.45, 7) is 4.40. The van der Waals surface area contributed by atoms with E-state index in [-0.39, 0.29) is 12.0 Å². The zero-order chi connectivity index (χ0) is 15.3. The Bertz CT molecular complexity index is 541. The van der Waals surface area contributed by atoms with Crippen LogP contribution in [0.3, 0.4) is 0 Å². The molecule has 0 spiro atoms. The van der Waals surface area contributed by atoms with Gasteiger partial charge < -0.3 is 14.9 Å². The van der Waals surface area contributed by atoms with Crippen molar-refractivity contribution in [2.75, 3.05) is 13.7 Å². The molecule has 0 heterocycles. The molecule has 2 aliphatic rings. The number of fused-ring (bicyclic) bond motifs is 3. The summed E-state index contributed by atoms with van der Waals surface area (Å²) in [6.07, 6.45) is 3.36. The standard InChI is InChI=1S/C18H26O3/c1-17-9-8-16(20)18(2,11-19)15(17)7-5-12-4-6-13(21-3)10-14(12)17/h4,6,10,15-16,19-20H,5,7-9,11H2,1-3H3/t15-,16+,17-,18?/m1/s1. The van der Waals surface area contributed by atoms with E-state index < -0.39 is 11.5 Å². The summed E-state index contributed by atoms with van der Waals surface area (Å²) in [5.41, 5.74) is 2.35. The predicted octanol–water partition coefficient (Wildman–Crippen LogP) is 2.67. The highest BCUT2D eigenvalue weighted by atomic mass is 16.5. The topological polar surface area (TPSA) is 49.7 Å². The van der Waals surface area contributed by atoms with Gasteiger partial charge in [0.25, 0.3) is 0 Å². The Labute approximate surface area is 127 Å². The van der Waals surface area contributed by atoms with Crippen LogP contribution in [0.2, 0.25) is 0 Å². The molecule has 0 aliphatic heterocycles. The zero-order valence-corrected chi connectivity index (χ0v) is 13.2. The monoisotopic (exact) mass is 290 g/mol. The number of methoxy groups -OCH3 is 1. The molecule has 2 aliphatic carbocycles. The highest BCUT2D eigenvalue weighted by Gasteiger charge is 2.55. The molecule has 116 valence electrons. The summed E-state index contributed by atoms with van der Waals surface area (Å²) in [7, 11) is 1.70.